The zero-order valence-corrected chi connectivity index (χ0v) is 12.8. The zero-order chi connectivity index (χ0) is 15.6. The summed E-state index contributed by atoms with van der Waals surface area (Å²) in [6, 6.07) is 11.8. The third kappa shape index (κ3) is 3.40. The first-order chi connectivity index (χ1) is 9.88. The predicted molar refractivity (Wildman–Crippen MR) is 85.8 cm³/mol. The molecule has 0 saturated heterocycles. The molecule has 0 spiro atoms. The van der Waals surface area contributed by atoms with Gasteiger partial charge < -0.3 is 5.32 Å². The number of hydrogen-bond acceptors (Lipinski definition) is 3. The Morgan fingerprint density at radius 3 is 2.24 bits per heavy atom. The summed E-state index contributed by atoms with van der Waals surface area (Å²) in [7, 11) is 0. The van der Waals surface area contributed by atoms with Crippen molar-refractivity contribution in [3.63, 3.8) is 0 Å². The zero-order valence-electron chi connectivity index (χ0n) is 12.8. The number of benzene rings is 2. The van der Waals surface area contributed by atoms with Gasteiger partial charge in [0, 0.05) is 23.4 Å². The van der Waals surface area contributed by atoms with E-state index in [-0.39, 0.29) is 16.7 Å². The van der Waals surface area contributed by atoms with Crippen LogP contribution in [0.1, 0.15) is 35.2 Å². The monoisotopic (exact) mass is 284 g/mol. The van der Waals surface area contributed by atoms with E-state index in [0.717, 1.165) is 16.8 Å². The molecule has 2 aromatic carbocycles. The lowest BCUT2D eigenvalue weighted by Gasteiger charge is -2.18. The molecule has 4 nitrogen and oxygen atoms in total. The molecule has 1 unspecified atom stereocenters. The largest absolute Gasteiger partial charge is 0.378 e. The molecule has 1 atom stereocenters. The molecule has 2 rings (SSSR count). The summed E-state index contributed by atoms with van der Waals surface area (Å²) in [6.07, 6.45) is 0. The first-order valence-electron chi connectivity index (χ1n) is 6.97. The van der Waals surface area contributed by atoms with Gasteiger partial charge in [-0.15, -0.1) is 0 Å². The molecule has 21 heavy (non-hydrogen) atoms. The molecule has 110 valence electrons. The lowest BCUT2D eigenvalue weighted by atomic mass is 10.0. The maximum atomic E-state index is 11.1. The van der Waals surface area contributed by atoms with Crippen LogP contribution in [0.25, 0.3) is 0 Å². The Bertz CT molecular complexity index is 663. The number of nitrogens with one attached hydrogen (secondary N) is 1. The predicted octanol–water partition coefficient (Wildman–Crippen LogP) is 4.69. The summed E-state index contributed by atoms with van der Waals surface area (Å²) in [5.41, 5.74) is 5.03. The molecule has 4 heteroatoms. The Hall–Kier alpha value is -2.36. The van der Waals surface area contributed by atoms with Gasteiger partial charge in [-0.05, 0) is 44.9 Å². The van der Waals surface area contributed by atoms with Crippen LogP contribution in [0.2, 0.25) is 0 Å². The van der Waals surface area contributed by atoms with Crippen LogP contribution in [-0.2, 0) is 0 Å². The van der Waals surface area contributed by atoms with Crippen molar-refractivity contribution in [2.75, 3.05) is 5.32 Å². The molecular weight excluding hydrogens is 264 g/mol. The molecule has 0 radical (unpaired) electrons. The van der Waals surface area contributed by atoms with E-state index in [1.165, 1.54) is 5.56 Å². The molecule has 1 N–H and O–H groups in total. The maximum absolute atomic E-state index is 11.1. The molecule has 0 aromatic heterocycles. The third-order valence-corrected chi connectivity index (χ3v) is 3.69. The molecule has 0 saturated carbocycles. The Morgan fingerprint density at radius 1 is 1.05 bits per heavy atom. The Kier molecular flexibility index (Phi) is 4.26. The molecule has 0 heterocycles. The molecule has 0 amide bonds. The Balaban J connectivity index is 2.28. The highest BCUT2D eigenvalue weighted by Crippen LogP contribution is 2.29. The first-order valence-corrected chi connectivity index (χ1v) is 6.97. The fraction of sp³-hybridized carbons (Fsp3) is 0.294. The second kappa shape index (κ2) is 5.95. The Morgan fingerprint density at radius 2 is 1.67 bits per heavy atom. The van der Waals surface area contributed by atoms with Crippen LogP contribution in [0.4, 0.5) is 11.4 Å². The summed E-state index contributed by atoms with van der Waals surface area (Å²) >= 11 is 0. The number of anilines is 1. The van der Waals surface area contributed by atoms with Crippen molar-refractivity contribution in [3.8, 4) is 0 Å². The Labute approximate surface area is 125 Å². The van der Waals surface area contributed by atoms with Crippen LogP contribution in [0.15, 0.2) is 36.4 Å². The molecule has 0 aliphatic heterocycles. The number of aryl methyl sites for hydroxylation is 3. The summed E-state index contributed by atoms with van der Waals surface area (Å²) < 4.78 is 0. The fourth-order valence-electron chi connectivity index (χ4n) is 2.36. The highest BCUT2D eigenvalue weighted by atomic mass is 16.6. The van der Waals surface area contributed by atoms with Crippen LogP contribution in [-0.4, -0.2) is 4.92 Å². The normalized spacial score (nSPS) is 12.0. The average molecular weight is 284 g/mol. The number of nitro groups is 1. The van der Waals surface area contributed by atoms with Crippen LogP contribution in [0, 0.1) is 30.9 Å². The van der Waals surface area contributed by atoms with E-state index in [1.807, 2.05) is 13.0 Å². The third-order valence-electron chi connectivity index (χ3n) is 3.69. The lowest BCUT2D eigenvalue weighted by molar-refractivity contribution is -0.385. The van der Waals surface area contributed by atoms with E-state index in [4.69, 9.17) is 0 Å². The number of rotatable bonds is 4. The van der Waals surface area contributed by atoms with Crippen molar-refractivity contribution >= 4 is 11.4 Å². The number of nitrogens with zero attached hydrogens (tertiary/aromatic N) is 1. The smallest absolute Gasteiger partial charge is 0.274 e. The minimum absolute atomic E-state index is 0.0895. The van der Waals surface area contributed by atoms with Gasteiger partial charge in [-0.1, -0.05) is 29.8 Å². The molecule has 2 aromatic rings. The van der Waals surface area contributed by atoms with E-state index in [1.54, 1.807) is 13.0 Å². The SMILES string of the molecule is Cc1ccc(C(C)Nc2cc([N+](=O)[O-])c(C)cc2C)cc1. The van der Waals surface area contributed by atoms with Gasteiger partial charge in [0.2, 0.25) is 0 Å². The van der Waals surface area contributed by atoms with Gasteiger partial charge in [0.1, 0.15) is 0 Å². The molecular formula is C17H20N2O2. The van der Waals surface area contributed by atoms with Gasteiger partial charge in [-0.3, -0.25) is 10.1 Å². The molecule has 0 fully saturated rings. The minimum Gasteiger partial charge on any atom is -0.378 e. The van der Waals surface area contributed by atoms with Crippen LogP contribution in [0.5, 0.6) is 0 Å². The highest BCUT2D eigenvalue weighted by molar-refractivity contribution is 5.60. The standard InChI is InChI=1S/C17H20N2O2/c1-11-5-7-15(8-6-11)14(4)18-16-10-17(19(20)21)13(3)9-12(16)2/h5-10,14,18H,1-4H3. The summed E-state index contributed by atoms with van der Waals surface area (Å²) in [5, 5.41) is 14.4. The summed E-state index contributed by atoms with van der Waals surface area (Å²) in [6.45, 7) is 7.82. The van der Waals surface area contributed by atoms with Crippen molar-refractivity contribution in [3.05, 3.63) is 68.8 Å². The number of hydrogen-bond donors (Lipinski definition) is 1. The van der Waals surface area contributed by atoms with E-state index in [9.17, 15) is 10.1 Å². The second-order valence-electron chi connectivity index (χ2n) is 5.49. The lowest BCUT2D eigenvalue weighted by Crippen LogP contribution is -2.08. The summed E-state index contributed by atoms with van der Waals surface area (Å²) in [4.78, 5) is 10.7. The van der Waals surface area contributed by atoms with E-state index in [2.05, 4.69) is 43.4 Å². The molecule has 0 aliphatic rings. The van der Waals surface area contributed by atoms with Gasteiger partial charge >= 0.3 is 0 Å². The maximum Gasteiger partial charge on any atom is 0.274 e. The quantitative estimate of drug-likeness (QED) is 0.654. The van der Waals surface area contributed by atoms with Crippen molar-refractivity contribution in [1.29, 1.82) is 0 Å². The van der Waals surface area contributed by atoms with Crippen LogP contribution < -0.4 is 5.32 Å². The topological polar surface area (TPSA) is 55.2 Å². The van der Waals surface area contributed by atoms with Crippen molar-refractivity contribution in [2.24, 2.45) is 0 Å². The van der Waals surface area contributed by atoms with Crippen molar-refractivity contribution < 1.29 is 4.92 Å². The van der Waals surface area contributed by atoms with Gasteiger partial charge in [0.05, 0.1) is 4.92 Å². The second-order valence-corrected chi connectivity index (χ2v) is 5.49. The average Bonchev–Trinajstić information content (AvgIpc) is 2.42. The fourth-order valence-corrected chi connectivity index (χ4v) is 2.36. The van der Waals surface area contributed by atoms with E-state index < -0.39 is 0 Å². The minimum atomic E-state index is -0.337. The van der Waals surface area contributed by atoms with Gasteiger partial charge in [-0.2, -0.15) is 0 Å². The molecule has 0 aliphatic carbocycles. The van der Waals surface area contributed by atoms with Crippen LogP contribution in [0.3, 0.4) is 0 Å². The van der Waals surface area contributed by atoms with Gasteiger partial charge in [0.15, 0.2) is 0 Å². The summed E-state index contributed by atoms with van der Waals surface area (Å²) in [5.74, 6) is 0. The van der Waals surface area contributed by atoms with Gasteiger partial charge in [0.25, 0.3) is 5.69 Å². The first kappa shape index (κ1) is 15.0. The van der Waals surface area contributed by atoms with Crippen molar-refractivity contribution in [1.82, 2.24) is 0 Å². The highest BCUT2D eigenvalue weighted by Gasteiger charge is 2.15. The number of nitro benzene ring substituents is 1. The molecule has 0 bridgehead atoms. The van der Waals surface area contributed by atoms with Gasteiger partial charge in [-0.25, -0.2) is 0 Å². The van der Waals surface area contributed by atoms with E-state index >= 15 is 0 Å². The van der Waals surface area contributed by atoms with E-state index in [0.29, 0.717) is 5.56 Å². The van der Waals surface area contributed by atoms with Crippen LogP contribution >= 0.6 is 0 Å². The van der Waals surface area contributed by atoms with Crippen molar-refractivity contribution in [2.45, 2.75) is 33.7 Å².